The van der Waals surface area contributed by atoms with Crippen LogP contribution < -0.4 is 5.73 Å². The van der Waals surface area contributed by atoms with Gasteiger partial charge in [0.2, 0.25) is 0 Å². The van der Waals surface area contributed by atoms with E-state index < -0.39 is 0 Å². The zero-order chi connectivity index (χ0) is 11.2. The number of likely N-dealkylation sites (tertiary alicyclic amines) is 1. The lowest BCUT2D eigenvalue weighted by Gasteiger charge is -2.25. The fourth-order valence-corrected chi connectivity index (χ4v) is 2.54. The van der Waals surface area contributed by atoms with Gasteiger partial charge in [-0.25, -0.2) is 0 Å². The Morgan fingerprint density at radius 1 is 1.06 bits per heavy atom. The van der Waals surface area contributed by atoms with Crippen LogP contribution in [0, 0.1) is 5.92 Å². The van der Waals surface area contributed by atoms with Gasteiger partial charge in [-0.3, -0.25) is 4.99 Å². The SMILES string of the molecule is NC(=NCCC1CCC1)N1CCCCCC1. The first-order valence-corrected chi connectivity index (χ1v) is 6.91. The number of guanidine groups is 1. The van der Waals surface area contributed by atoms with Crippen LogP contribution in [0.3, 0.4) is 0 Å². The summed E-state index contributed by atoms with van der Waals surface area (Å²) >= 11 is 0. The van der Waals surface area contributed by atoms with Crippen molar-refractivity contribution >= 4 is 5.96 Å². The van der Waals surface area contributed by atoms with Gasteiger partial charge in [-0.1, -0.05) is 32.1 Å². The third-order valence-corrected chi connectivity index (χ3v) is 3.97. The standard InChI is InChI=1S/C13H25N3/c14-13(15-9-8-12-6-5-7-12)16-10-3-1-2-4-11-16/h12H,1-11H2,(H2,14,15). The molecule has 2 aliphatic rings. The van der Waals surface area contributed by atoms with Gasteiger partial charge in [0.25, 0.3) is 0 Å². The van der Waals surface area contributed by atoms with Gasteiger partial charge in [0, 0.05) is 19.6 Å². The number of nitrogens with two attached hydrogens (primary N) is 1. The molecule has 0 spiro atoms. The summed E-state index contributed by atoms with van der Waals surface area (Å²) in [5.74, 6) is 1.74. The Labute approximate surface area is 99.1 Å². The molecule has 1 saturated heterocycles. The summed E-state index contributed by atoms with van der Waals surface area (Å²) in [5, 5.41) is 0. The fraction of sp³-hybridized carbons (Fsp3) is 0.923. The van der Waals surface area contributed by atoms with Gasteiger partial charge in [0.1, 0.15) is 0 Å². The average molecular weight is 223 g/mol. The fourth-order valence-electron chi connectivity index (χ4n) is 2.54. The molecule has 2 fully saturated rings. The molecule has 0 bridgehead atoms. The molecule has 3 heteroatoms. The van der Waals surface area contributed by atoms with E-state index in [1.165, 1.54) is 51.4 Å². The van der Waals surface area contributed by atoms with E-state index in [0.29, 0.717) is 0 Å². The summed E-state index contributed by atoms with van der Waals surface area (Å²) < 4.78 is 0. The molecule has 0 unspecified atom stereocenters. The third-order valence-electron chi connectivity index (χ3n) is 3.97. The topological polar surface area (TPSA) is 41.6 Å². The molecule has 3 nitrogen and oxygen atoms in total. The van der Waals surface area contributed by atoms with E-state index in [1.807, 2.05) is 0 Å². The van der Waals surface area contributed by atoms with Crippen LogP contribution in [0.25, 0.3) is 0 Å². The molecule has 1 saturated carbocycles. The van der Waals surface area contributed by atoms with Crippen molar-refractivity contribution in [1.82, 2.24) is 4.90 Å². The molecule has 16 heavy (non-hydrogen) atoms. The van der Waals surface area contributed by atoms with Crippen molar-refractivity contribution in [1.29, 1.82) is 0 Å². The molecular weight excluding hydrogens is 198 g/mol. The van der Waals surface area contributed by atoms with Gasteiger partial charge < -0.3 is 10.6 Å². The highest BCUT2D eigenvalue weighted by atomic mass is 15.2. The van der Waals surface area contributed by atoms with Crippen LogP contribution in [-0.2, 0) is 0 Å². The van der Waals surface area contributed by atoms with Gasteiger partial charge in [-0.2, -0.15) is 0 Å². The lowest BCUT2D eigenvalue weighted by Crippen LogP contribution is -2.38. The van der Waals surface area contributed by atoms with E-state index in [2.05, 4.69) is 9.89 Å². The molecule has 0 aromatic carbocycles. The summed E-state index contributed by atoms with van der Waals surface area (Å²) in [6.07, 6.45) is 10.8. The summed E-state index contributed by atoms with van der Waals surface area (Å²) in [6, 6.07) is 0. The van der Waals surface area contributed by atoms with Crippen LogP contribution >= 0.6 is 0 Å². The van der Waals surface area contributed by atoms with Gasteiger partial charge in [0.05, 0.1) is 0 Å². The Balaban J connectivity index is 1.70. The highest BCUT2D eigenvalue weighted by Gasteiger charge is 2.16. The maximum absolute atomic E-state index is 6.04. The third kappa shape index (κ3) is 3.39. The van der Waals surface area contributed by atoms with E-state index in [0.717, 1.165) is 31.5 Å². The van der Waals surface area contributed by atoms with Crippen molar-refractivity contribution in [3.63, 3.8) is 0 Å². The van der Waals surface area contributed by atoms with Crippen LogP contribution in [-0.4, -0.2) is 30.5 Å². The Kier molecular flexibility index (Phi) is 4.49. The minimum absolute atomic E-state index is 0.793. The van der Waals surface area contributed by atoms with Crippen LogP contribution in [0.15, 0.2) is 4.99 Å². The van der Waals surface area contributed by atoms with Crippen molar-refractivity contribution in [2.24, 2.45) is 16.6 Å². The summed E-state index contributed by atoms with van der Waals surface area (Å²) in [5.41, 5.74) is 6.04. The minimum Gasteiger partial charge on any atom is -0.370 e. The summed E-state index contributed by atoms with van der Waals surface area (Å²) in [4.78, 5) is 6.80. The van der Waals surface area contributed by atoms with E-state index in [9.17, 15) is 0 Å². The average Bonchev–Trinajstić information content (AvgIpc) is 2.49. The van der Waals surface area contributed by atoms with Crippen LogP contribution in [0.4, 0.5) is 0 Å². The van der Waals surface area contributed by atoms with E-state index in [1.54, 1.807) is 0 Å². The first kappa shape index (κ1) is 11.7. The molecular formula is C13H25N3. The van der Waals surface area contributed by atoms with Gasteiger partial charge >= 0.3 is 0 Å². The Morgan fingerprint density at radius 2 is 1.75 bits per heavy atom. The maximum atomic E-state index is 6.04. The molecule has 2 N–H and O–H groups in total. The second kappa shape index (κ2) is 6.12. The predicted octanol–water partition coefficient (Wildman–Crippen LogP) is 2.37. The first-order valence-electron chi connectivity index (χ1n) is 6.91. The van der Waals surface area contributed by atoms with Crippen molar-refractivity contribution in [3.05, 3.63) is 0 Å². The van der Waals surface area contributed by atoms with E-state index in [4.69, 9.17) is 5.73 Å². The Morgan fingerprint density at radius 3 is 2.31 bits per heavy atom. The van der Waals surface area contributed by atoms with Gasteiger partial charge in [0.15, 0.2) is 5.96 Å². The monoisotopic (exact) mass is 223 g/mol. The highest BCUT2D eigenvalue weighted by molar-refractivity contribution is 5.78. The summed E-state index contributed by atoms with van der Waals surface area (Å²) in [6.45, 7) is 3.16. The number of hydrogen-bond acceptors (Lipinski definition) is 1. The van der Waals surface area contributed by atoms with Crippen LogP contribution in [0.1, 0.15) is 51.4 Å². The summed E-state index contributed by atoms with van der Waals surface area (Å²) in [7, 11) is 0. The molecule has 1 heterocycles. The van der Waals surface area contributed by atoms with Gasteiger partial charge in [-0.15, -0.1) is 0 Å². The highest BCUT2D eigenvalue weighted by Crippen LogP contribution is 2.29. The van der Waals surface area contributed by atoms with E-state index in [-0.39, 0.29) is 0 Å². The number of hydrogen-bond donors (Lipinski definition) is 1. The van der Waals surface area contributed by atoms with Gasteiger partial charge in [-0.05, 0) is 25.2 Å². The molecule has 1 aliphatic heterocycles. The van der Waals surface area contributed by atoms with Crippen LogP contribution in [0.2, 0.25) is 0 Å². The quantitative estimate of drug-likeness (QED) is 0.589. The lowest BCUT2D eigenvalue weighted by molar-refractivity contribution is 0.300. The second-order valence-electron chi connectivity index (χ2n) is 5.23. The zero-order valence-electron chi connectivity index (χ0n) is 10.3. The molecule has 0 atom stereocenters. The van der Waals surface area contributed by atoms with E-state index >= 15 is 0 Å². The minimum atomic E-state index is 0.793. The number of nitrogens with zero attached hydrogens (tertiary/aromatic N) is 2. The number of aliphatic imine (C=N–C) groups is 1. The Bertz CT molecular complexity index is 225. The molecule has 92 valence electrons. The molecule has 1 aliphatic carbocycles. The predicted molar refractivity (Wildman–Crippen MR) is 68.5 cm³/mol. The molecule has 0 aromatic rings. The smallest absolute Gasteiger partial charge is 0.191 e. The Hall–Kier alpha value is -0.730. The molecule has 2 rings (SSSR count). The lowest BCUT2D eigenvalue weighted by atomic mass is 9.83. The van der Waals surface area contributed by atoms with Crippen molar-refractivity contribution in [2.75, 3.05) is 19.6 Å². The largest absolute Gasteiger partial charge is 0.370 e. The second-order valence-corrected chi connectivity index (χ2v) is 5.23. The molecule has 0 amide bonds. The van der Waals surface area contributed by atoms with Crippen molar-refractivity contribution in [3.8, 4) is 0 Å². The van der Waals surface area contributed by atoms with Crippen molar-refractivity contribution in [2.45, 2.75) is 51.4 Å². The molecule has 0 radical (unpaired) electrons. The normalized spacial score (nSPS) is 24.0. The molecule has 0 aromatic heterocycles. The zero-order valence-corrected chi connectivity index (χ0v) is 10.3. The number of rotatable bonds is 3. The van der Waals surface area contributed by atoms with Crippen LogP contribution in [0.5, 0.6) is 0 Å². The maximum Gasteiger partial charge on any atom is 0.191 e. The van der Waals surface area contributed by atoms with Crippen molar-refractivity contribution < 1.29 is 0 Å². The first-order chi connectivity index (χ1) is 7.86.